The van der Waals surface area contributed by atoms with Gasteiger partial charge in [-0.05, 0) is 37.0 Å². The van der Waals surface area contributed by atoms with Gasteiger partial charge in [-0.2, -0.15) is 0 Å². The summed E-state index contributed by atoms with van der Waals surface area (Å²) in [5.41, 5.74) is 0.414. The maximum atomic E-state index is 11.3. The van der Waals surface area contributed by atoms with Gasteiger partial charge in [0.05, 0.1) is 18.6 Å². The van der Waals surface area contributed by atoms with E-state index in [1.54, 1.807) is 0 Å². The van der Waals surface area contributed by atoms with Crippen LogP contribution >= 0.6 is 0 Å². The summed E-state index contributed by atoms with van der Waals surface area (Å²) in [5, 5.41) is 0. The first-order valence-electron chi connectivity index (χ1n) is 7.59. The topological polar surface area (TPSA) is 35.5 Å². The van der Waals surface area contributed by atoms with E-state index in [9.17, 15) is 4.79 Å². The number of carbonyl (C=O) groups excluding carboxylic acids is 1. The summed E-state index contributed by atoms with van der Waals surface area (Å²) in [6.45, 7) is 11.6. The fourth-order valence-corrected chi connectivity index (χ4v) is 2.62. The maximum absolute atomic E-state index is 11.3. The van der Waals surface area contributed by atoms with Gasteiger partial charge >= 0.3 is 5.97 Å². The SMILES string of the molecule is CC(C)C(=O)OCCOC1CCC(C(C)(C)C)CC1. The van der Waals surface area contributed by atoms with E-state index < -0.39 is 0 Å². The summed E-state index contributed by atoms with van der Waals surface area (Å²) in [6, 6.07) is 0. The fourth-order valence-electron chi connectivity index (χ4n) is 2.62. The van der Waals surface area contributed by atoms with Gasteiger partial charge in [0.25, 0.3) is 0 Å². The Morgan fingerprint density at radius 3 is 2.16 bits per heavy atom. The predicted octanol–water partition coefficient (Wildman–Crippen LogP) is 3.81. The van der Waals surface area contributed by atoms with Crippen LogP contribution in [0.5, 0.6) is 0 Å². The number of carbonyl (C=O) groups is 1. The Hall–Kier alpha value is -0.570. The molecule has 3 heteroatoms. The maximum Gasteiger partial charge on any atom is 0.308 e. The van der Waals surface area contributed by atoms with Crippen molar-refractivity contribution < 1.29 is 14.3 Å². The summed E-state index contributed by atoms with van der Waals surface area (Å²) in [4.78, 5) is 11.3. The molecule has 1 saturated carbocycles. The van der Waals surface area contributed by atoms with Gasteiger partial charge in [0.2, 0.25) is 0 Å². The number of ether oxygens (including phenoxy) is 2. The van der Waals surface area contributed by atoms with Crippen molar-refractivity contribution >= 4 is 5.97 Å². The molecule has 1 rings (SSSR count). The van der Waals surface area contributed by atoms with Crippen LogP contribution in [0.2, 0.25) is 0 Å². The van der Waals surface area contributed by atoms with Crippen molar-refractivity contribution in [3.8, 4) is 0 Å². The van der Waals surface area contributed by atoms with Crippen molar-refractivity contribution in [1.82, 2.24) is 0 Å². The van der Waals surface area contributed by atoms with Gasteiger partial charge in [0.15, 0.2) is 0 Å². The largest absolute Gasteiger partial charge is 0.463 e. The van der Waals surface area contributed by atoms with Gasteiger partial charge in [-0.3, -0.25) is 4.79 Å². The third kappa shape index (κ3) is 5.94. The Labute approximate surface area is 118 Å². The first-order valence-corrected chi connectivity index (χ1v) is 7.59. The number of rotatable bonds is 5. The van der Waals surface area contributed by atoms with Gasteiger partial charge < -0.3 is 9.47 Å². The minimum atomic E-state index is -0.139. The quantitative estimate of drug-likeness (QED) is 0.563. The Kier molecular flexibility index (Phi) is 6.31. The number of hydrogen-bond acceptors (Lipinski definition) is 3. The summed E-state index contributed by atoms with van der Waals surface area (Å²) >= 11 is 0. The van der Waals surface area contributed by atoms with E-state index in [1.807, 2.05) is 13.8 Å². The van der Waals surface area contributed by atoms with Crippen molar-refractivity contribution in [2.45, 2.75) is 66.4 Å². The normalized spacial score (nSPS) is 24.5. The van der Waals surface area contributed by atoms with Gasteiger partial charge in [-0.1, -0.05) is 34.6 Å². The highest BCUT2D eigenvalue weighted by atomic mass is 16.6. The molecule has 3 nitrogen and oxygen atoms in total. The highest BCUT2D eigenvalue weighted by Crippen LogP contribution is 2.38. The van der Waals surface area contributed by atoms with Gasteiger partial charge in [0, 0.05) is 0 Å². The molecule has 0 radical (unpaired) electrons. The van der Waals surface area contributed by atoms with Gasteiger partial charge in [-0.25, -0.2) is 0 Å². The smallest absolute Gasteiger partial charge is 0.308 e. The summed E-state index contributed by atoms with van der Waals surface area (Å²) in [6.07, 6.45) is 5.14. The zero-order chi connectivity index (χ0) is 14.5. The standard InChI is InChI=1S/C16H30O3/c1-12(2)15(17)19-11-10-18-14-8-6-13(7-9-14)16(3,4)5/h12-14H,6-11H2,1-5H3. The lowest BCUT2D eigenvalue weighted by molar-refractivity contribution is -0.149. The van der Waals surface area contributed by atoms with Crippen LogP contribution in [0.1, 0.15) is 60.3 Å². The van der Waals surface area contributed by atoms with E-state index in [2.05, 4.69) is 20.8 Å². The molecule has 0 spiro atoms. The molecule has 1 aliphatic carbocycles. The molecule has 0 aromatic carbocycles. The van der Waals surface area contributed by atoms with Crippen molar-refractivity contribution in [3.63, 3.8) is 0 Å². The van der Waals surface area contributed by atoms with E-state index in [1.165, 1.54) is 12.8 Å². The van der Waals surface area contributed by atoms with Crippen molar-refractivity contribution in [2.24, 2.45) is 17.3 Å². The molecular formula is C16H30O3. The second kappa shape index (κ2) is 7.28. The van der Waals surface area contributed by atoms with Gasteiger partial charge in [0.1, 0.15) is 6.61 Å². The van der Waals surface area contributed by atoms with Crippen LogP contribution in [-0.4, -0.2) is 25.3 Å². The average molecular weight is 270 g/mol. The van der Waals surface area contributed by atoms with Crippen LogP contribution in [0, 0.1) is 17.3 Å². The van der Waals surface area contributed by atoms with E-state index >= 15 is 0 Å². The Bertz CT molecular complexity index is 270. The molecule has 0 unspecified atom stereocenters. The third-order valence-electron chi connectivity index (χ3n) is 4.05. The van der Waals surface area contributed by atoms with Crippen LogP contribution in [-0.2, 0) is 14.3 Å². The number of hydrogen-bond donors (Lipinski definition) is 0. The lowest BCUT2D eigenvalue weighted by Crippen LogP contribution is -2.30. The van der Waals surface area contributed by atoms with E-state index in [0.29, 0.717) is 24.7 Å². The molecule has 0 atom stereocenters. The highest BCUT2D eigenvalue weighted by molar-refractivity contribution is 5.71. The molecule has 0 amide bonds. The zero-order valence-corrected chi connectivity index (χ0v) is 13.2. The van der Waals surface area contributed by atoms with Crippen LogP contribution in [0.3, 0.4) is 0 Å². The molecule has 0 aromatic heterocycles. The van der Waals surface area contributed by atoms with Crippen LogP contribution in [0.15, 0.2) is 0 Å². The molecule has 0 N–H and O–H groups in total. The summed E-state index contributed by atoms with van der Waals surface area (Å²) in [5.74, 6) is 0.619. The Morgan fingerprint density at radius 2 is 1.68 bits per heavy atom. The van der Waals surface area contributed by atoms with E-state index in [0.717, 1.165) is 18.8 Å². The molecule has 1 fully saturated rings. The average Bonchev–Trinajstić information content (AvgIpc) is 2.33. The minimum absolute atomic E-state index is 0.0535. The zero-order valence-electron chi connectivity index (χ0n) is 13.2. The first kappa shape index (κ1) is 16.5. The van der Waals surface area contributed by atoms with Gasteiger partial charge in [-0.15, -0.1) is 0 Å². The van der Waals surface area contributed by atoms with Crippen LogP contribution in [0.25, 0.3) is 0 Å². The molecular weight excluding hydrogens is 240 g/mol. The first-order chi connectivity index (χ1) is 8.80. The van der Waals surface area contributed by atoms with Crippen LogP contribution in [0.4, 0.5) is 0 Å². The highest BCUT2D eigenvalue weighted by Gasteiger charge is 2.29. The fraction of sp³-hybridized carbons (Fsp3) is 0.938. The van der Waals surface area contributed by atoms with E-state index in [-0.39, 0.29) is 11.9 Å². The number of esters is 1. The lowest BCUT2D eigenvalue weighted by Gasteiger charge is -2.36. The molecule has 0 aromatic rings. The molecule has 0 heterocycles. The molecule has 112 valence electrons. The minimum Gasteiger partial charge on any atom is -0.463 e. The second-order valence-corrected chi connectivity index (χ2v) is 7.03. The summed E-state index contributed by atoms with van der Waals surface area (Å²) < 4.78 is 10.9. The molecule has 0 saturated heterocycles. The molecule has 19 heavy (non-hydrogen) atoms. The molecule has 0 aliphatic heterocycles. The Morgan fingerprint density at radius 1 is 1.11 bits per heavy atom. The molecule has 1 aliphatic rings. The monoisotopic (exact) mass is 270 g/mol. The predicted molar refractivity (Wildman–Crippen MR) is 77.0 cm³/mol. The van der Waals surface area contributed by atoms with Crippen molar-refractivity contribution in [1.29, 1.82) is 0 Å². The second-order valence-electron chi connectivity index (χ2n) is 7.03. The summed E-state index contributed by atoms with van der Waals surface area (Å²) in [7, 11) is 0. The molecule has 0 bridgehead atoms. The van der Waals surface area contributed by atoms with Crippen molar-refractivity contribution in [2.75, 3.05) is 13.2 Å². The van der Waals surface area contributed by atoms with Crippen molar-refractivity contribution in [3.05, 3.63) is 0 Å². The van der Waals surface area contributed by atoms with Crippen LogP contribution < -0.4 is 0 Å². The lowest BCUT2D eigenvalue weighted by atomic mass is 9.72. The Balaban J connectivity index is 2.12. The third-order valence-corrected chi connectivity index (χ3v) is 4.05. The van der Waals surface area contributed by atoms with E-state index in [4.69, 9.17) is 9.47 Å².